The first kappa shape index (κ1) is 24.1. The fourth-order valence-corrected chi connectivity index (χ4v) is 5.00. The molecule has 0 unspecified atom stereocenters. The van der Waals surface area contributed by atoms with E-state index in [-0.39, 0.29) is 17.7 Å². The van der Waals surface area contributed by atoms with E-state index in [0.717, 1.165) is 34.0 Å². The Morgan fingerprint density at radius 2 is 1.74 bits per heavy atom. The number of halogens is 1. The van der Waals surface area contributed by atoms with Gasteiger partial charge in [-0.05, 0) is 76.4 Å². The summed E-state index contributed by atoms with van der Waals surface area (Å²) >= 11 is 4.53. The van der Waals surface area contributed by atoms with E-state index in [1.165, 1.54) is 4.90 Å². The van der Waals surface area contributed by atoms with Crippen LogP contribution < -0.4 is 9.47 Å². The molecule has 174 valence electrons. The molecule has 1 aliphatic rings. The molecule has 3 aromatic rings. The second-order valence-corrected chi connectivity index (χ2v) is 9.64. The Labute approximate surface area is 211 Å². The molecule has 7 heteroatoms. The normalized spacial score (nSPS) is 14.7. The number of amides is 2. The lowest BCUT2D eigenvalue weighted by atomic mass is 10.1. The van der Waals surface area contributed by atoms with Crippen LogP contribution in [-0.2, 0) is 17.9 Å². The third kappa shape index (κ3) is 5.72. The summed E-state index contributed by atoms with van der Waals surface area (Å²) in [7, 11) is 0. The molecule has 3 aromatic carbocycles. The van der Waals surface area contributed by atoms with E-state index in [1.54, 1.807) is 6.08 Å². The minimum Gasteiger partial charge on any atom is -0.490 e. The van der Waals surface area contributed by atoms with Crippen molar-refractivity contribution in [3.8, 4) is 11.5 Å². The van der Waals surface area contributed by atoms with E-state index < -0.39 is 0 Å². The first-order chi connectivity index (χ1) is 16.4. The van der Waals surface area contributed by atoms with E-state index in [2.05, 4.69) is 15.9 Å². The Morgan fingerprint density at radius 1 is 0.971 bits per heavy atom. The molecule has 0 aromatic heterocycles. The van der Waals surface area contributed by atoms with Crippen LogP contribution in [-0.4, -0.2) is 22.7 Å². The van der Waals surface area contributed by atoms with Gasteiger partial charge in [0.15, 0.2) is 11.5 Å². The Morgan fingerprint density at radius 3 is 2.47 bits per heavy atom. The van der Waals surface area contributed by atoms with Crippen molar-refractivity contribution in [3.05, 3.63) is 98.4 Å². The zero-order valence-corrected chi connectivity index (χ0v) is 21.3. The first-order valence-corrected chi connectivity index (χ1v) is 12.5. The molecule has 0 N–H and O–H groups in total. The number of carbonyl (C=O) groups is 2. The number of benzene rings is 3. The van der Waals surface area contributed by atoms with Crippen LogP contribution in [0.3, 0.4) is 0 Å². The average Bonchev–Trinajstić information content (AvgIpc) is 3.07. The summed E-state index contributed by atoms with van der Waals surface area (Å²) in [6, 6.07) is 21.4. The van der Waals surface area contributed by atoms with Gasteiger partial charge < -0.3 is 9.47 Å². The first-order valence-electron chi connectivity index (χ1n) is 10.9. The van der Waals surface area contributed by atoms with Crippen LogP contribution in [0.25, 0.3) is 6.08 Å². The predicted octanol–water partition coefficient (Wildman–Crippen LogP) is 6.97. The molecule has 0 bridgehead atoms. The lowest BCUT2D eigenvalue weighted by Gasteiger charge is -2.15. The second kappa shape index (κ2) is 10.9. The van der Waals surface area contributed by atoms with Crippen molar-refractivity contribution in [2.24, 2.45) is 0 Å². The van der Waals surface area contributed by atoms with Crippen molar-refractivity contribution < 1.29 is 19.1 Å². The number of nitrogens with zero attached hydrogens (tertiary/aromatic N) is 1. The smallest absolute Gasteiger partial charge is 0.293 e. The average molecular weight is 538 g/mol. The molecule has 1 saturated heterocycles. The van der Waals surface area contributed by atoms with E-state index >= 15 is 0 Å². The summed E-state index contributed by atoms with van der Waals surface area (Å²) in [6.07, 6.45) is 1.72. The maximum absolute atomic E-state index is 13.0. The van der Waals surface area contributed by atoms with Crippen molar-refractivity contribution in [3.63, 3.8) is 0 Å². The van der Waals surface area contributed by atoms with Crippen LogP contribution in [0, 0.1) is 6.92 Å². The number of ether oxygens (including phenoxy) is 2. The molecule has 2 amide bonds. The molecule has 0 aliphatic carbocycles. The van der Waals surface area contributed by atoms with Gasteiger partial charge in [0.25, 0.3) is 11.1 Å². The number of imide groups is 1. The monoisotopic (exact) mass is 537 g/mol. The predicted molar refractivity (Wildman–Crippen MR) is 139 cm³/mol. The molecular weight excluding hydrogens is 514 g/mol. The summed E-state index contributed by atoms with van der Waals surface area (Å²) < 4.78 is 12.6. The van der Waals surface area contributed by atoms with Crippen LogP contribution in [0.15, 0.2) is 76.1 Å². The summed E-state index contributed by atoms with van der Waals surface area (Å²) in [4.78, 5) is 27.2. The highest BCUT2D eigenvalue weighted by atomic mass is 79.9. The lowest BCUT2D eigenvalue weighted by Crippen LogP contribution is -2.27. The molecule has 34 heavy (non-hydrogen) atoms. The van der Waals surface area contributed by atoms with Crippen molar-refractivity contribution in [1.29, 1.82) is 0 Å². The minimum absolute atomic E-state index is 0.254. The van der Waals surface area contributed by atoms with Crippen molar-refractivity contribution >= 4 is 44.9 Å². The van der Waals surface area contributed by atoms with Gasteiger partial charge in [0.05, 0.1) is 22.5 Å². The standard InChI is InChI=1S/C27H24BrNO4S/c1-3-32-23-14-21(13-22(28)25(23)33-17-19-9-5-4-6-10-19)15-24-26(30)29(27(31)34-24)16-20-11-7-8-18(2)12-20/h4-15H,3,16-17H2,1-2H3/b24-15+. The maximum atomic E-state index is 13.0. The third-order valence-electron chi connectivity index (χ3n) is 5.15. The number of hydrogen-bond acceptors (Lipinski definition) is 5. The molecule has 0 saturated carbocycles. The van der Waals surface area contributed by atoms with Crippen LogP contribution in [0.2, 0.25) is 0 Å². The van der Waals surface area contributed by atoms with Gasteiger partial charge in [0.1, 0.15) is 6.61 Å². The second-order valence-electron chi connectivity index (χ2n) is 7.79. The van der Waals surface area contributed by atoms with Gasteiger partial charge >= 0.3 is 0 Å². The van der Waals surface area contributed by atoms with E-state index in [9.17, 15) is 9.59 Å². The Kier molecular flexibility index (Phi) is 7.75. The maximum Gasteiger partial charge on any atom is 0.293 e. The van der Waals surface area contributed by atoms with Crippen LogP contribution >= 0.6 is 27.7 Å². The fourth-order valence-electron chi connectivity index (χ4n) is 3.58. The topological polar surface area (TPSA) is 55.8 Å². The molecule has 0 spiro atoms. The molecule has 5 nitrogen and oxygen atoms in total. The Bertz CT molecular complexity index is 1240. The number of carbonyl (C=O) groups excluding carboxylic acids is 2. The zero-order valence-electron chi connectivity index (χ0n) is 18.9. The molecule has 0 radical (unpaired) electrons. The molecule has 1 fully saturated rings. The molecule has 1 aliphatic heterocycles. The summed E-state index contributed by atoms with van der Waals surface area (Å²) in [5, 5.41) is -0.273. The highest BCUT2D eigenvalue weighted by Crippen LogP contribution is 2.40. The SMILES string of the molecule is CCOc1cc(/C=C2/SC(=O)N(Cc3cccc(C)c3)C2=O)cc(Br)c1OCc1ccccc1. The van der Waals surface area contributed by atoms with Crippen LogP contribution in [0.4, 0.5) is 4.79 Å². The Balaban J connectivity index is 1.55. The van der Waals surface area contributed by atoms with Gasteiger partial charge in [-0.3, -0.25) is 14.5 Å². The van der Waals surface area contributed by atoms with Gasteiger partial charge in [-0.2, -0.15) is 0 Å². The molecule has 4 rings (SSSR count). The zero-order chi connectivity index (χ0) is 24.1. The summed E-state index contributed by atoms with van der Waals surface area (Å²) in [6.45, 7) is 5.00. The number of rotatable bonds is 8. The number of hydrogen-bond donors (Lipinski definition) is 0. The largest absolute Gasteiger partial charge is 0.490 e. The van der Waals surface area contributed by atoms with Gasteiger partial charge in [0.2, 0.25) is 0 Å². The van der Waals surface area contributed by atoms with E-state index in [1.807, 2.05) is 80.6 Å². The van der Waals surface area contributed by atoms with Crippen LogP contribution in [0.1, 0.15) is 29.2 Å². The summed E-state index contributed by atoms with van der Waals surface area (Å²) in [5.41, 5.74) is 3.79. The van der Waals surface area contributed by atoms with Crippen molar-refractivity contribution in [2.75, 3.05) is 6.61 Å². The highest BCUT2D eigenvalue weighted by molar-refractivity contribution is 9.10. The van der Waals surface area contributed by atoms with Gasteiger partial charge in [-0.1, -0.05) is 60.2 Å². The Hall–Kier alpha value is -3.03. The van der Waals surface area contributed by atoms with Gasteiger partial charge in [-0.25, -0.2) is 0 Å². The number of thioether (sulfide) groups is 1. The van der Waals surface area contributed by atoms with E-state index in [0.29, 0.717) is 34.1 Å². The number of aryl methyl sites for hydroxylation is 1. The third-order valence-corrected chi connectivity index (χ3v) is 6.65. The quantitative estimate of drug-likeness (QED) is 0.290. The van der Waals surface area contributed by atoms with Crippen LogP contribution in [0.5, 0.6) is 11.5 Å². The summed E-state index contributed by atoms with van der Waals surface area (Å²) in [5.74, 6) is 0.864. The molecular formula is C27H24BrNO4S. The molecule has 0 atom stereocenters. The minimum atomic E-state index is -0.296. The van der Waals surface area contributed by atoms with Gasteiger partial charge in [0, 0.05) is 0 Å². The molecule has 1 heterocycles. The van der Waals surface area contributed by atoms with Crippen molar-refractivity contribution in [2.45, 2.75) is 27.0 Å². The lowest BCUT2D eigenvalue weighted by molar-refractivity contribution is -0.123. The van der Waals surface area contributed by atoms with E-state index in [4.69, 9.17) is 9.47 Å². The highest BCUT2D eigenvalue weighted by Gasteiger charge is 2.35. The van der Waals surface area contributed by atoms with Gasteiger partial charge in [-0.15, -0.1) is 0 Å². The fraction of sp³-hybridized carbons (Fsp3) is 0.185. The van der Waals surface area contributed by atoms with Crippen molar-refractivity contribution in [1.82, 2.24) is 4.90 Å².